The van der Waals surface area contributed by atoms with E-state index in [9.17, 15) is 14.4 Å². The number of nitrogens with zero attached hydrogens (tertiary/aromatic N) is 2. The Morgan fingerprint density at radius 2 is 1.68 bits per heavy atom. The largest absolute Gasteiger partial charge is 0.481 e. The van der Waals surface area contributed by atoms with E-state index in [2.05, 4.69) is 27.9 Å². The third-order valence-electron chi connectivity index (χ3n) is 5.85. The highest BCUT2D eigenvalue weighted by Gasteiger charge is 2.29. The van der Waals surface area contributed by atoms with Gasteiger partial charge in [-0.3, -0.25) is 19.6 Å². The molecule has 1 aromatic heterocycles. The molecule has 1 aliphatic rings. The van der Waals surface area contributed by atoms with Crippen molar-refractivity contribution in [3.8, 4) is 11.1 Å². The number of aliphatic carboxylic acids is 1. The van der Waals surface area contributed by atoms with Crippen LogP contribution in [0.5, 0.6) is 0 Å². The number of carboxylic acids is 1. The molecule has 34 heavy (non-hydrogen) atoms. The number of aromatic nitrogens is 2. The molecule has 9 heteroatoms. The van der Waals surface area contributed by atoms with Crippen molar-refractivity contribution in [2.24, 2.45) is 7.05 Å². The number of rotatable bonds is 9. The molecule has 0 aliphatic heterocycles. The molecule has 2 amide bonds. The maximum atomic E-state index is 12.6. The number of carbonyl (C=O) groups is 3. The number of carboxylic acid groups (broad SMARTS) is 1. The zero-order valence-electron chi connectivity index (χ0n) is 18.8. The highest BCUT2D eigenvalue weighted by molar-refractivity contribution is 6.01. The van der Waals surface area contributed by atoms with Crippen molar-refractivity contribution in [2.75, 3.05) is 18.5 Å². The van der Waals surface area contributed by atoms with Crippen LogP contribution in [0.3, 0.4) is 0 Å². The molecule has 1 aliphatic carbocycles. The average Bonchev–Trinajstić information content (AvgIpc) is 3.35. The Bertz CT molecular complexity index is 1170. The second-order valence-corrected chi connectivity index (χ2v) is 8.09. The van der Waals surface area contributed by atoms with Crippen LogP contribution < -0.4 is 10.6 Å². The Morgan fingerprint density at radius 1 is 1.03 bits per heavy atom. The summed E-state index contributed by atoms with van der Waals surface area (Å²) in [6.07, 6.45) is 1.74. The number of carbonyl (C=O) groups excluding carboxylic acids is 2. The first-order valence-corrected chi connectivity index (χ1v) is 11.1. The summed E-state index contributed by atoms with van der Waals surface area (Å²) in [7, 11) is 1.61. The Hall–Kier alpha value is -4.14. The number of fused-ring (bicyclic) bond motifs is 3. The number of amides is 2. The molecular weight excluding hydrogens is 436 g/mol. The second-order valence-electron chi connectivity index (χ2n) is 8.09. The van der Waals surface area contributed by atoms with E-state index in [1.54, 1.807) is 7.05 Å². The normalized spacial score (nSPS) is 12.0. The summed E-state index contributed by atoms with van der Waals surface area (Å²) in [4.78, 5) is 35.7. The molecule has 3 N–H and O–H groups in total. The lowest BCUT2D eigenvalue weighted by Crippen LogP contribution is -2.26. The van der Waals surface area contributed by atoms with Crippen LogP contribution in [-0.2, 0) is 16.6 Å². The Morgan fingerprint density at radius 3 is 2.32 bits per heavy atom. The highest BCUT2D eigenvalue weighted by atomic mass is 16.5. The van der Waals surface area contributed by atoms with E-state index in [0.29, 0.717) is 19.4 Å². The number of hydrogen-bond acceptors (Lipinski definition) is 5. The summed E-state index contributed by atoms with van der Waals surface area (Å²) < 4.78 is 6.95. The molecule has 3 aromatic rings. The van der Waals surface area contributed by atoms with Gasteiger partial charge in [0.2, 0.25) is 0 Å². The number of benzene rings is 2. The molecule has 0 bridgehead atoms. The lowest BCUT2D eigenvalue weighted by atomic mass is 9.98. The molecule has 0 spiro atoms. The molecule has 0 saturated heterocycles. The average molecular weight is 463 g/mol. The van der Waals surface area contributed by atoms with E-state index in [1.807, 2.05) is 36.4 Å². The summed E-state index contributed by atoms with van der Waals surface area (Å²) in [5.74, 6) is -1.12. The summed E-state index contributed by atoms with van der Waals surface area (Å²) in [6, 6.07) is 16.1. The molecule has 0 fully saturated rings. The van der Waals surface area contributed by atoms with Crippen LogP contribution in [0.1, 0.15) is 46.7 Å². The number of aryl methyl sites for hydroxylation is 1. The van der Waals surface area contributed by atoms with Crippen molar-refractivity contribution >= 4 is 23.8 Å². The van der Waals surface area contributed by atoms with E-state index < -0.39 is 18.0 Å². The van der Waals surface area contributed by atoms with Gasteiger partial charge in [-0.2, -0.15) is 5.10 Å². The summed E-state index contributed by atoms with van der Waals surface area (Å²) in [6.45, 7) is 0.480. The first-order valence-electron chi connectivity index (χ1n) is 11.1. The Labute approximate surface area is 196 Å². The maximum Gasteiger partial charge on any atom is 0.412 e. The third kappa shape index (κ3) is 4.93. The first-order chi connectivity index (χ1) is 16.5. The molecular formula is C25H26N4O5. The predicted molar refractivity (Wildman–Crippen MR) is 126 cm³/mol. The van der Waals surface area contributed by atoms with Crippen LogP contribution in [0, 0.1) is 0 Å². The molecule has 0 radical (unpaired) electrons. The minimum Gasteiger partial charge on any atom is -0.481 e. The third-order valence-corrected chi connectivity index (χ3v) is 5.85. The fraction of sp³-hybridized carbons (Fsp3) is 0.280. The monoisotopic (exact) mass is 462 g/mol. The van der Waals surface area contributed by atoms with Crippen LogP contribution in [-0.4, -0.2) is 46.0 Å². The van der Waals surface area contributed by atoms with Gasteiger partial charge >= 0.3 is 12.1 Å². The van der Waals surface area contributed by atoms with E-state index in [-0.39, 0.29) is 30.3 Å². The van der Waals surface area contributed by atoms with E-state index in [4.69, 9.17) is 9.84 Å². The fourth-order valence-corrected chi connectivity index (χ4v) is 4.18. The predicted octanol–water partition coefficient (Wildman–Crippen LogP) is 3.77. The van der Waals surface area contributed by atoms with Crippen molar-refractivity contribution in [1.82, 2.24) is 15.1 Å². The fourth-order valence-electron chi connectivity index (χ4n) is 4.18. The molecule has 2 aromatic carbocycles. The Balaban J connectivity index is 1.37. The van der Waals surface area contributed by atoms with Gasteiger partial charge in [-0.05, 0) is 35.1 Å². The second kappa shape index (κ2) is 10.2. The van der Waals surface area contributed by atoms with Crippen molar-refractivity contribution in [3.05, 3.63) is 71.4 Å². The molecule has 176 valence electrons. The van der Waals surface area contributed by atoms with Crippen LogP contribution in [0.4, 0.5) is 10.6 Å². The minimum atomic E-state index is -0.867. The molecule has 4 rings (SSSR count). The molecule has 9 nitrogen and oxygen atoms in total. The van der Waals surface area contributed by atoms with Crippen molar-refractivity contribution < 1.29 is 24.2 Å². The highest BCUT2D eigenvalue weighted by Crippen LogP contribution is 2.44. The van der Waals surface area contributed by atoms with Crippen LogP contribution in [0.15, 0.2) is 54.7 Å². The standard InChI is InChI=1S/C25H26N4O5/c1-29-23(20(14-27-29)24(32)26-13-7-6-12-22(30)31)28-25(33)34-15-21-18-10-4-2-8-16(18)17-9-3-5-11-19(17)21/h2-5,8-11,14,21H,6-7,12-13,15H2,1H3,(H,26,32)(H,28,33)(H,30,31). The molecule has 0 unspecified atom stereocenters. The van der Waals surface area contributed by atoms with Crippen molar-refractivity contribution in [2.45, 2.75) is 25.2 Å². The lowest BCUT2D eigenvalue weighted by molar-refractivity contribution is -0.137. The molecule has 0 atom stereocenters. The van der Waals surface area contributed by atoms with Crippen LogP contribution in [0.2, 0.25) is 0 Å². The van der Waals surface area contributed by atoms with Gasteiger partial charge in [0.05, 0.1) is 6.20 Å². The van der Waals surface area contributed by atoms with Gasteiger partial charge < -0.3 is 15.2 Å². The molecule has 0 saturated carbocycles. The zero-order chi connectivity index (χ0) is 24.1. The van der Waals surface area contributed by atoms with Crippen molar-refractivity contribution in [3.63, 3.8) is 0 Å². The topological polar surface area (TPSA) is 123 Å². The number of nitrogens with one attached hydrogen (secondary N) is 2. The smallest absolute Gasteiger partial charge is 0.412 e. The van der Waals surface area contributed by atoms with Gasteiger partial charge in [0.25, 0.3) is 5.91 Å². The number of anilines is 1. The first kappa shape index (κ1) is 23.0. The number of ether oxygens (including phenoxy) is 1. The van der Waals surface area contributed by atoms with Crippen LogP contribution >= 0.6 is 0 Å². The van der Waals surface area contributed by atoms with E-state index in [1.165, 1.54) is 10.9 Å². The quantitative estimate of drug-likeness (QED) is 0.416. The van der Waals surface area contributed by atoms with Gasteiger partial charge in [0.15, 0.2) is 0 Å². The Kier molecular flexibility index (Phi) is 6.91. The molecule has 1 heterocycles. The van der Waals surface area contributed by atoms with Gasteiger partial charge in [-0.1, -0.05) is 48.5 Å². The van der Waals surface area contributed by atoms with Crippen molar-refractivity contribution in [1.29, 1.82) is 0 Å². The van der Waals surface area contributed by atoms with Crippen LogP contribution in [0.25, 0.3) is 11.1 Å². The number of unbranched alkanes of at least 4 members (excludes halogenated alkanes) is 1. The summed E-state index contributed by atoms with van der Waals surface area (Å²) >= 11 is 0. The van der Waals surface area contributed by atoms with Gasteiger partial charge in [-0.15, -0.1) is 0 Å². The summed E-state index contributed by atoms with van der Waals surface area (Å²) in [5, 5.41) is 18.1. The van der Waals surface area contributed by atoms with E-state index >= 15 is 0 Å². The van der Waals surface area contributed by atoms with Gasteiger partial charge in [-0.25, -0.2) is 4.79 Å². The zero-order valence-corrected chi connectivity index (χ0v) is 18.8. The number of hydrogen-bond donors (Lipinski definition) is 3. The SMILES string of the molecule is Cn1ncc(C(=O)NCCCCC(=O)O)c1NC(=O)OCC1c2ccccc2-c2ccccc21. The minimum absolute atomic E-state index is 0.0529. The maximum absolute atomic E-state index is 12.6. The summed E-state index contributed by atoms with van der Waals surface area (Å²) in [5.41, 5.74) is 4.70. The van der Waals surface area contributed by atoms with E-state index in [0.717, 1.165) is 22.3 Å². The van der Waals surface area contributed by atoms with Gasteiger partial charge in [0.1, 0.15) is 18.0 Å². The lowest BCUT2D eigenvalue weighted by Gasteiger charge is -2.15. The van der Waals surface area contributed by atoms with Gasteiger partial charge in [0, 0.05) is 25.9 Å².